The van der Waals surface area contributed by atoms with E-state index in [1.54, 1.807) is 0 Å². The fourth-order valence-electron chi connectivity index (χ4n) is 3.10. The lowest BCUT2D eigenvalue weighted by atomic mass is 9.63. The van der Waals surface area contributed by atoms with Gasteiger partial charge in [0.15, 0.2) is 5.69 Å². The van der Waals surface area contributed by atoms with Crippen LogP contribution in [0.15, 0.2) is 36.5 Å². The third-order valence-electron chi connectivity index (χ3n) is 4.29. The van der Waals surface area contributed by atoms with Gasteiger partial charge in [-0.2, -0.15) is 0 Å². The van der Waals surface area contributed by atoms with E-state index in [2.05, 4.69) is 34.7 Å². The molecule has 0 spiro atoms. The topological polar surface area (TPSA) is 97.1 Å². The summed E-state index contributed by atoms with van der Waals surface area (Å²) in [5, 5.41) is 18.8. The lowest BCUT2D eigenvalue weighted by Crippen LogP contribution is -2.52. The van der Waals surface area contributed by atoms with Gasteiger partial charge < -0.3 is 10.4 Å². The number of carbonyl (C=O) groups excluding carboxylic acids is 1. The molecule has 2 aromatic rings. The van der Waals surface area contributed by atoms with E-state index < -0.39 is 5.97 Å². The number of nitrogens with zero attached hydrogens (tertiary/aromatic N) is 3. The molecule has 1 aliphatic carbocycles. The summed E-state index contributed by atoms with van der Waals surface area (Å²) in [6.45, 7) is 2.17. The van der Waals surface area contributed by atoms with Crippen LogP contribution in [0.1, 0.15) is 35.8 Å². The molecule has 0 bridgehead atoms. The molecule has 1 aromatic carbocycles. The van der Waals surface area contributed by atoms with Crippen LogP contribution in [0.25, 0.3) is 0 Å². The molecule has 3 rings (SSSR count). The molecule has 0 aliphatic heterocycles. The van der Waals surface area contributed by atoms with E-state index in [0.29, 0.717) is 0 Å². The van der Waals surface area contributed by atoms with Gasteiger partial charge in [-0.15, -0.1) is 5.10 Å². The van der Waals surface area contributed by atoms with E-state index in [0.717, 1.165) is 12.8 Å². The van der Waals surface area contributed by atoms with Gasteiger partial charge in [0.1, 0.15) is 6.54 Å². The van der Waals surface area contributed by atoms with E-state index in [-0.39, 0.29) is 29.6 Å². The van der Waals surface area contributed by atoms with E-state index >= 15 is 0 Å². The predicted octanol–water partition coefficient (Wildman–Crippen LogP) is 1.21. The molecular formula is C16H18N4O3. The minimum Gasteiger partial charge on any atom is -0.476 e. The monoisotopic (exact) mass is 314 g/mol. The Morgan fingerprint density at radius 1 is 1.35 bits per heavy atom. The van der Waals surface area contributed by atoms with Crippen LogP contribution in [0.5, 0.6) is 0 Å². The second-order valence-corrected chi connectivity index (χ2v) is 6.21. The van der Waals surface area contributed by atoms with E-state index in [4.69, 9.17) is 5.11 Å². The number of nitrogens with one attached hydrogen (secondary N) is 1. The average Bonchev–Trinajstić information content (AvgIpc) is 2.95. The van der Waals surface area contributed by atoms with Crippen LogP contribution in [0.3, 0.4) is 0 Å². The number of benzene rings is 1. The molecule has 0 radical (unpaired) electrons. The van der Waals surface area contributed by atoms with Gasteiger partial charge in [-0.1, -0.05) is 42.5 Å². The van der Waals surface area contributed by atoms with Crippen molar-refractivity contribution in [2.45, 2.75) is 37.8 Å². The highest BCUT2D eigenvalue weighted by molar-refractivity contribution is 5.84. The van der Waals surface area contributed by atoms with Gasteiger partial charge in [-0.05, 0) is 23.8 Å². The molecule has 1 fully saturated rings. The van der Waals surface area contributed by atoms with Crippen LogP contribution in [-0.2, 0) is 16.8 Å². The first-order valence-corrected chi connectivity index (χ1v) is 7.45. The molecule has 0 atom stereocenters. The molecule has 0 saturated heterocycles. The first-order chi connectivity index (χ1) is 11.0. The summed E-state index contributed by atoms with van der Waals surface area (Å²) >= 11 is 0. The maximum Gasteiger partial charge on any atom is 0.358 e. The largest absolute Gasteiger partial charge is 0.476 e. The van der Waals surface area contributed by atoms with Crippen LogP contribution >= 0.6 is 0 Å². The van der Waals surface area contributed by atoms with E-state index in [1.165, 1.54) is 16.4 Å². The van der Waals surface area contributed by atoms with E-state index in [1.807, 2.05) is 18.2 Å². The highest BCUT2D eigenvalue weighted by Gasteiger charge is 2.41. The van der Waals surface area contributed by atoms with Crippen molar-refractivity contribution in [1.82, 2.24) is 20.3 Å². The van der Waals surface area contributed by atoms with Gasteiger partial charge in [-0.3, -0.25) is 4.79 Å². The van der Waals surface area contributed by atoms with Gasteiger partial charge in [0.05, 0.1) is 6.20 Å². The summed E-state index contributed by atoms with van der Waals surface area (Å²) in [6.07, 6.45) is 3.03. The van der Waals surface area contributed by atoms with Crippen LogP contribution in [0.4, 0.5) is 0 Å². The molecule has 23 heavy (non-hydrogen) atoms. The number of hydrogen-bond acceptors (Lipinski definition) is 4. The molecule has 2 N–H and O–H groups in total. The number of amides is 1. The number of carboxylic acids is 1. The van der Waals surface area contributed by atoms with Gasteiger partial charge in [0, 0.05) is 6.04 Å². The Morgan fingerprint density at radius 3 is 2.65 bits per heavy atom. The Morgan fingerprint density at radius 2 is 2.04 bits per heavy atom. The number of aromatic nitrogens is 3. The normalized spacial score (nSPS) is 23.1. The summed E-state index contributed by atoms with van der Waals surface area (Å²) in [7, 11) is 0. The van der Waals surface area contributed by atoms with Crippen molar-refractivity contribution in [3.8, 4) is 0 Å². The molecule has 1 saturated carbocycles. The van der Waals surface area contributed by atoms with Crippen molar-refractivity contribution < 1.29 is 14.7 Å². The summed E-state index contributed by atoms with van der Waals surface area (Å²) < 4.78 is 1.23. The van der Waals surface area contributed by atoms with Crippen molar-refractivity contribution in [2.75, 3.05) is 0 Å². The molecule has 7 nitrogen and oxygen atoms in total. The molecule has 1 aromatic heterocycles. The highest BCUT2D eigenvalue weighted by atomic mass is 16.4. The van der Waals surface area contributed by atoms with Gasteiger partial charge in [0.25, 0.3) is 0 Å². The molecule has 0 unspecified atom stereocenters. The molecule has 1 heterocycles. The van der Waals surface area contributed by atoms with Crippen LogP contribution in [0.2, 0.25) is 0 Å². The lowest BCUT2D eigenvalue weighted by Gasteiger charge is -2.46. The number of aromatic carboxylic acids is 1. The zero-order valence-corrected chi connectivity index (χ0v) is 12.8. The Hall–Kier alpha value is -2.70. The molecule has 7 heteroatoms. The van der Waals surface area contributed by atoms with Crippen molar-refractivity contribution >= 4 is 11.9 Å². The van der Waals surface area contributed by atoms with Crippen LogP contribution < -0.4 is 5.32 Å². The van der Waals surface area contributed by atoms with Gasteiger partial charge >= 0.3 is 5.97 Å². The van der Waals surface area contributed by atoms with Crippen molar-refractivity contribution in [3.63, 3.8) is 0 Å². The fraction of sp³-hybridized carbons (Fsp3) is 0.375. The minimum absolute atomic E-state index is 0.0289. The summed E-state index contributed by atoms with van der Waals surface area (Å²) in [5.41, 5.74) is 1.22. The summed E-state index contributed by atoms with van der Waals surface area (Å²) in [4.78, 5) is 22.7. The van der Waals surface area contributed by atoms with Crippen LogP contribution in [-0.4, -0.2) is 38.0 Å². The number of rotatable bonds is 5. The van der Waals surface area contributed by atoms with E-state index in [9.17, 15) is 9.59 Å². The summed E-state index contributed by atoms with van der Waals surface area (Å²) in [5.74, 6) is -1.35. The second-order valence-electron chi connectivity index (χ2n) is 6.21. The van der Waals surface area contributed by atoms with Crippen molar-refractivity contribution in [1.29, 1.82) is 0 Å². The molecule has 1 aliphatic rings. The molecule has 120 valence electrons. The predicted molar refractivity (Wildman–Crippen MR) is 81.9 cm³/mol. The fourth-order valence-corrected chi connectivity index (χ4v) is 3.10. The minimum atomic E-state index is -1.16. The number of carboxylic acid groups (broad SMARTS) is 1. The molecular weight excluding hydrogens is 296 g/mol. The maximum atomic E-state index is 12.0. The quantitative estimate of drug-likeness (QED) is 0.864. The van der Waals surface area contributed by atoms with Crippen LogP contribution in [0, 0.1) is 0 Å². The van der Waals surface area contributed by atoms with Gasteiger partial charge in [-0.25, -0.2) is 9.48 Å². The third-order valence-corrected chi connectivity index (χ3v) is 4.29. The number of hydrogen-bond donors (Lipinski definition) is 2. The molecule has 1 amide bonds. The Bertz CT molecular complexity index is 720. The first-order valence-electron chi connectivity index (χ1n) is 7.45. The zero-order chi connectivity index (χ0) is 16.4. The SMILES string of the molecule is CC1(c2ccccc2)CC(NC(=O)Cn2cc(C(=O)O)nn2)C1. The standard InChI is InChI=1S/C16H18N4O3/c1-16(11-5-3-2-4-6-11)7-12(8-16)17-14(21)10-20-9-13(15(22)23)18-19-20/h2-6,9,12H,7-8,10H2,1H3,(H,17,21)(H,22,23). The second kappa shape index (κ2) is 5.83. The van der Waals surface area contributed by atoms with Crippen molar-refractivity contribution in [2.24, 2.45) is 0 Å². The lowest BCUT2D eigenvalue weighted by molar-refractivity contribution is -0.123. The summed E-state index contributed by atoms with van der Waals surface area (Å²) in [6, 6.07) is 10.4. The Balaban J connectivity index is 1.51. The first kappa shape index (κ1) is 15.2. The zero-order valence-electron chi connectivity index (χ0n) is 12.8. The maximum absolute atomic E-state index is 12.0. The van der Waals surface area contributed by atoms with Gasteiger partial charge in [0.2, 0.25) is 5.91 Å². The Kier molecular flexibility index (Phi) is 3.85. The smallest absolute Gasteiger partial charge is 0.358 e. The highest BCUT2D eigenvalue weighted by Crippen LogP contribution is 2.43. The third kappa shape index (κ3) is 3.23. The number of carbonyl (C=O) groups is 2. The van der Waals surface area contributed by atoms with Crippen molar-refractivity contribution in [3.05, 3.63) is 47.8 Å². The average molecular weight is 314 g/mol. The Labute approximate surface area is 133 Å².